The molecule has 7 heteroatoms. The molecule has 1 aromatic carbocycles. The van der Waals surface area contributed by atoms with Crippen LogP contribution in [0.1, 0.15) is 0 Å². The minimum atomic E-state index is 0.230. The molecule has 0 amide bonds. The molecule has 3 aromatic rings. The summed E-state index contributed by atoms with van der Waals surface area (Å²) < 4.78 is 10.3. The number of benzene rings is 1. The van der Waals surface area contributed by atoms with Crippen molar-refractivity contribution in [2.45, 2.75) is 0 Å². The third kappa shape index (κ3) is 2.16. The maximum atomic E-state index is 5.72. The number of anilines is 1. The predicted octanol–water partition coefficient (Wildman–Crippen LogP) is 1.78. The molecule has 0 aliphatic rings. The van der Waals surface area contributed by atoms with Crippen LogP contribution in [0.3, 0.4) is 0 Å². The topological polar surface area (TPSA) is 100.0 Å². The fraction of sp³-hybridized carbons (Fsp3) is 0.0769. The Hall–Kier alpha value is -2.96. The molecule has 0 spiro atoms. The van der Waals surface area contributed by atoms with E-state index < -0.39 is 0 Å². The fourth-order valence-corrected chi connectivity index (χ4v) is 1.71. The summed E-state index contributed by atoms with van der Waals surface area (Å²) >= 11 is 0. The lowest BCUT2D eigenvalue weighted by Gasteiger charge is -1.99. The lowest BCUT2D eigenvalue weighted by Crippen LogP contribution is -1.96. The van der Waals surface area contributed by atoms with Gasteiger partial charge in [-0.1, -0.05) is 17.3 Å². The first-order valence-electron chi connectivity index (χ1n) is 5.83. The van der Waals surface area contributed by atoms with E-state index in [2.05, 4.69) is 20.1 Å². The van der Waals surface area contributed by atoms with Crippen molar-refractivity contribution in [2.24, 2.45) is 0 Å². The van der Waals surface area contributed by atoms with Gasteiger partial charge in [-0.05, 0) is 12.1 Å². The van der Waals surface area contributed by atoms with Gasteiger partial charge in [0, 0.05) is 18.0 Å². The van der Waals surface area contributed by atoms with E-state index in [1.165, 1.54) is 12.4 Å². The van der Waals surface area contributed by atoms with E-state index in [1.54, 1.807) is 7.11 Å². The Balaban J connectivity index is 2.00. The number of methoxy groups -OCH3 is 1. The van der Waals surface area contributed by atoms with Crippen LogP contribution in [0.25, 0.3) is 23.0 Å². The Labute approximate surface area is 114 Å². The average molecular weight is 269 g/mol. The van der Waals surface area contributed by atoms with Crippen molar-refractivity contribution in [3.8, 4) is 28.7 Å². The van der Waals surface area contributed by atoms with Gasteiger partial charge in [-0.25, -0.2) is 9.97 Å². The van der Waals surface area contributed by atoms with Crippen LogP contribution >= 0.6 is 0 Å². The summed E-state index contributed by atoms with van der Waals surface area (Å²) in [5.41, 5.74) is 6.87. The number of nitrogens with zero attached hydrogens (tertiary/aromatic N) is 4. The SMILES string of the molecule is COc1cccc(-c2noc(-c3nccnc3N)n2)c1. The van der Waals surface area contributed by atoms with E-state index in [0.717, 1.165) is 5.56 Å². The maximum absolute atomic E-state index is 5.72. The Kier molecular flexibility index (Phi) is 3.00. The zero-order valence-electron chi connectivity index (χ0n) is 10.6. The molecule has 0 radical (unpaired) electrons. The second-order valence-corrected chi connectivity index (χ2v) is 3.95. The maximum Gasteiger partial charge on any atom is 0.280 e. The molecule has 2 N–H and O–H groups in total. The summed E-state index contributed by atoms with van der Waals surface area (Å²) in [6.45, 7) is 0. The highest BCUT2D eigenvalue weighted by Crippen LogP contribution is 2.25. The van der Waals surface area contributed by atoms with E-state index in [4.69, 9.17) is 15.0 Å². The minimum absolute atomic E-state index is 0.230. The summed E-state index contributed by atoms with van der Waals surface area (Å²) in [7, 11) is 1.60. The highest BCUT2D eigenvalue weighted by Gasteiger charge is 2.15. The Morgan fingerprint density at radius 2 is 2.05 bits per heavy atom. The summed E-state index contributed by atoms with van der Waals surface area (Å²) in [6.07, 6.45) is 3.01. The smallest absolute Gasteiger partial charge is 0.280 e. The first-order valence-corrected chi connectivity index (χ1v) is 5.83. The Morgan fingerprint density at radius 1 is 1.20 bits per heavy atom. The highest BCUT2D eigenvalue weighted by atomic mass is 16.5. The lowest BCUT2D eigenvalue weighted by atomic mass is 10.2. The van der Waals surface area contributed by atoms with Gasteiger partial charge < -0.3 is 15.0 Å². The van der Waals surface area contributed by atoms with E-state index in [1.807, 2.05) is 24.3 Å². The van der Waals surface area contributed by atoms with Crippen molar-refractivity contribution in [1.82, 2.24) is 20.1 Å². The summed E-state index contributed by atoms with van der Waals surface area (Å²) in [5, 5.41) is 3.91. The van der Waals surface area contributed by atoms with Crippen LogP contribution < -0.4 is 10.5 Å². The van der Waals surface area contributed by atoms with Gasteiger partial charge in [0.25, 0.3) is 5.89 Å². The van der Waals surface area contributed by atoms with Gasteiger partial charge in [-0.2, -0.15) is 4.98 Å². The van der Waals surface area contributed by atoms with Crippen molar-refractivity contribution in [3.05, 3.63) is 36.7 Å². The van der Waals surface area contributed by atoms with Gasteiger partial charge in [-0.15, -0.1) is 0 Å². The van der Waals surface area contributed by atoms with Crippen LogP contribution in [-0.2, 0) is 0 Å². The van der Waals surface area contributed by atoms with Crippen LogP contribution in [0.2, 0.25) is 0 Å². The van der Waals surface area contributed by atoms with Crippen LogP contribution in [0.4, 0.5) is 5.82 Å². The summed E-state index contributed by atoms with van der Waals surface area (Å²) in [5.74, 6) is 1.62. The number of nitrogens with two attached hydrogens (primary N) is 1. The average Bonchev–Trinajstić information content (AvgIpc) is 2.97. The third-order valence-corrected chi connectivity index (χ3v) is 2.68. The standard InChI is InChI=1S/C13H11N5O2/c1-19-9-4-2-3-8(7-9)12-17-13(20-18-12)10-11(14)16-6-5-15-10/h2-7H,1H3,(H2,14,16). The second kappa shape index (κ2) is 4.96. The molecule has 3 rings (SSSR count). The first-order chi connectivity index (χ1) is 9.78. The van der Waals surface area contributed by atoms with Gasteiger partial charge in [0.05, 0.1) is 7.11 Å². The van der Waals surface area contributed by atoms with Crippen LogP contribution in [-0.4, -0.2) is 27.2 Å². The zero-order chi connectivity index (χ0) is 13.9. The molecule has 0 saturated carbocycles. The number of nitrogen functional groups attached to an aromatic ring is 1. The van der Waals surface area contributed by atoms with Gasteiger partial charge in [0.1, 0.15) is 5.75 Å². The Bertz CT molecular complexity index is 741. The molecule has 100 valence electrons. The van der Waals surface area contributed by atoms with Gasteiger partial charge in [-0.3, -0.25) is 0 Å². The molecule has 0 bridgehead atoms. The monoisotopic (exact) mass is 269 g/mol. The normalized spacial score (nSPS) is 10.4. The van der Waals surface area contributed by atoms with Crippen LogP contribution in [0, 0.1) is 0 Å². The minimum Gasteiger partial charge on any atom is -0.497 e. The first kappa shape index (κ1) is 12.1. The predicted molar refractivity (Wildman–Crippen MR) is 71.7 cm³/mol. The van der Waals surface area contributed by atoms with Crippen molar-refractivity contribution < 1.29 is 9.26 Å². The number of hydrogen-bond donors (Lipinski definition) is 1. The molecule has 2 aromatic heterocycles. The number of aromatic nitrogens is 4. The molecule has 0 aliphatic carbocycles. The lowest BCUT2D eigenvalue weighted by molar-refractivity contribution is 0.414. The molecule has 0 aliphatic heterocycles. The molecular weight excluding hydrogens is 258 g/mol. The largest absolute Gasteiger partial charge is 0.497 e. The van der Waals surface area contributed by atoms with Gasteiger partial charge in [0.15, 0.2) is 11.5 Å². The van der Waals surface area contributed by atoms with E-state index >= 15 is 0 Å². The molecule has 0 fully saturated rings. The van der Waals surface area contributed by atoms with Crippen molar-refractivity contribution in [3.63, 3.8) is 0 Å². The number of rotatable bonds is 3. The quantitative estimate of drug-likeness (QED) is 0.773. The molecule has 7 nitrogen and oxygen atoms in total. The highest BCUT2D eigenvalue weighted by molar-refractivity contribution is 5.64. The molecule has 0 unspecified atom stereocenters. The summed E-state index contributed by atoms with van der Waals surface area (Å²) in [6, 6.07) is 7.36. The van der Waals surface area contributed by atoms with Gasteiger partial charge >= 0.3 is 0 Å². The van der Waals surface area contributed by atoms with E-state index in [0.29, 0.717) is 17.3 Å². The van der Waals surface area contributed by atoms with Crippen LogP contribution in [0.15, 0.2) is 41.2 Å². The van der Waals surface area contributed by atoms with E-state index in [9.17, 15) is 0 Å². The van der Waals surface area contributed by atoms with Crippen molar-refractivity contribution in [1.29, 1.82) is 0 Å². The molecule has 2 heterocycles. The van der Waals surface area contributed by atoms with Crippen molar-refractivity contribution in [2.75, 3.05) is 12.8 Å². The second-order valence-electron chi connectivity index (χ2n) is 3.95. The molecule has 20 heavy (non-hydrogen) atoms. The van der Waals surface area contributed by atoms with Gasteiger partial charge in [0.2, 0.25) is 5.82 Å². The number of ether oxygens (including phenoxy) is 1. The van der Waals surface area contributed by atoms with Crippen LogP contribution in [0.5, 0.6) is 5.75 Å². The molecule has 0 saturated heterocycles. The van der Waals surface area contributed by atoms with Crippen molar-refractivity contribution >= 4 is 5.82 Å². The van der Waals surface area contributed by atoms with E-state index in [-0.39, 0.29) is 11.7 Å². The zero-order valence-corrected chi connectivity index (χ0v) is 10.6. The number of hydrogen-bond acceptors (Lipinski definition) is 7. The summed E-state index contributed by atoms with van der Waals surface area (Å²) in [4.78, 5) is 12.3. The molecule has 0 atom stereocenters. The molecular formula is C13H11N5O2. The Morgan fingerprint density at radius 3 is 2.85 bits per heavy atom. The fourth-order valence-electron chi connectivity index (χ4n) is 1.71. The third-order valence-electron chi connectivity index (χ3n) is 2.68.